The molecule has 0 fully saturated rings. The highest BCUT2D eigenvalue weighted by molar-refractivity contribution is 8.21. The van der Waals surface area contributed by atoms with Crippen LogP contribution < -0.4 is 0 Å². The van der Waals surface area contributed by atoms with Crippen LogP contribution in [0.15, 0.2) is 53.5 Å². The van der Waals surface area contributed by atoms with E-state index in [2.05, 4.69) is 4.99 Å². The third kappa shape index (κ3) is 3.48. The van der Waals surface area contributed by atoms with Crippen molar-refractivity contribution in [2.45, 2.75) is 6.18 Å². The lowest BCUT2D eigenvalue weighted by atomic mass is 10.1. The molecule has 0 radical (unpaired) electrons. The van der Waals surface area contributed by atoms with E-state index in [1.54, 1.807) is 12.1 Å². The highest BCUT2D eigenvalue weighted by atomic mass is 32.2. The van der Waals surface area contributed by atoms with Gasteiger partial charge in [0, 0.05) is 24.6 Å². The van der Waals surface area contributed by atoms with Gasteiger partial charge >= 0.3 is 6.18 Å². The summed E-state index contributed by atoms with van der Waals surface area (Å²) in [7, 11) is 3.78. The maximum atomic E-state index is 12.9. The van der Waals surface area contributed by atoms with Gasteiger partial charge in [0.1, 0.15) is 0 Å². The Morgan fingerprint density at radius 1 is 1.04 bits per heavy atom. The molecule has 0 saturated carbocycles. The minimum Gasteiger partial charge on any atom is -0.357 e. The predicted octanol–water partition coefficient (Wildman–Crippen LogP) is 5.50. The maximum absolute atomic E-state index is 12.9. The van der Waals surface area contributed by atoms with Gasteiger partial charge in [-0.2, -0.15) is 13.2 Å². The number of rotatable bonds is 1. The highest BCUT2D eigenvalue weighted by Gasteiger charge is 2.30. The first-order valence-corrected chi connectivity index (χ1v) is 8.08. The fourth-order valence-corrected chi connectivity index (χ4v) is 3.31. The second kappa shape index (κ2) is 6.36. The number of thioether (sulfide) groups is 1. The molecule has 2 aromatic carbocycles. The average Bonchev–Trinajstić information content (AvgIpc) is 2.54. The van der Waals surface area contributed by atoms with Crippen molar-refractivity contribution in [2.24, 2.45) is 4.99 Å². The topological polar surface area (TPSA) is 15.6 Å². The first-order chi connectivity index (χ1) is 11.3. The molecule has 0 atom stereocenters. The zero-order valence-electron chi connectivity index (χ0n) is 13.1. The van der Waals surface area contributed by atoms with Gasteiger partial charge in [-0.25, -0.2) is 4.99 Å². The average molecular weight is 348 g/mol. The number of alkyl halides is 3. The monoisotopic (exact) mass is 348 g/mol. The Kier molecular flexibility index (Phi) is 4.41. The molecule has 0 saturated heterocycles. The Balaban J connectivity index is 2.06. The smallest absolute Gasteiger partial charge is 0.357 e. The van der Waals surface area contributed by atoms with Gasteiger partial charge in [-0.05, 0) is 29.8 Å². The number of nitrogens with zero attached hydrogens (tertiary/aromatic N) is 2. The fraction of sp³-hybridized carbons (Fsp3) is 0.167. The van der Waals surface area contributed by atoms with Crippen molar-refractivity contribution in [2.75, 3.05) is 14.1 Å². The summed E-state index contributed by atoms with van der Waals surface area (Å²) < 4.78 is 38.7. The van der Waals surface area contributed by atoms with Crippen LogP contribution in [0.25, 0.3) is 11.0 Å². The molecule has 0 N–H and O–H groups in total. The van der Waals surface area contributed by atoms with Crippen molar-refractivity contribution in [3.8, 4) is 0 Å². The van der Waals surface area contributed by atoms with Gasteiger partial charge in [-0.3, -0.25) is 0 Å². The number of para-hydroxylation sites is 1. The molecule has 0 amide bonds. The van der Waals surface area contributed by atoms with E-state index in [0.717, 1.165) is 33.5 Å². The lowest BCUT2D eigenvalue weighted by Crippen LogP contribution is -2.19. The lowest BCUT2D eigenvalue weighted by Gasteiger charge is -2.22. The minimum atomic E-state index is -4.34. The molecule has 0 unspecified atom stereocenters. The van der Waals surface area contributed by atoms with E-state index < -0.39 is 11.7 Å². The van der Waals surface area contributed by atoms with Gasteiger partial charge in [0.2, 0.25) is 0 Å². The third-order valence-corrected chi connectivity index (χ3v) is 4.68. The predicted molar refractivity (Wildman–Crippen MR) is 94.1 cm³/mol. The van der Waals surface area contributed by atoms with Crippen LogP contribution in [0.2, 0.25) is 0 Å². The standard InChI is InChI=1S/C18H15F3N2S/c1-23(2)17-22-15-9-4-3-8-14(15)16(24-17)11-12-6-5-7-13(10-12)18(19,20)21/h3-11H,1-2H3. The summed E-state index contributed by atoms with van der Waals surface area (Å²) in [6, 6.07) is 13.0. The second-order valence-electron chi connectivity index (χ2n) is 5.54. The van der Waals surface area contributed by atoms with Crippen LogP contribution in [0, 0.1) is 0 Å². The molecule has 3 rings (SSSR count). The molecular formula is C18H15F3N2S. The van der Waals surface area contributed by atoms with Crippen LogP contribution in [0.5, 0.6) is 0 Å². The number of benzene rings is 2. The molecule has 24 heavy (non-hydrogen) atoms. The quantitative estimate of drug-likeness (QED) is 0.676. The van der Waals surface area contributed by atoms with Gasteiger partial charge in [-0.1, -0.05) is 42.1 Å². The van der Waals surface area contributed by atoms with Crippen molar-refractivity contribution in [1.82, 2.24) is 4.90 Å². The first-order valence-electron chi connectivity index (χ1n) is 7.27. The summed E-state index contributed by atoms with van der Waals surface area (Å²) in [6.45, 7) is 0. The number of halogens is 3. The molecule has 0 bridgehead atoms. The van der Waals surface area contributed by atoms with Crippen molar-refractivity contribution in [3.63, 3.8) is 0 Å². The zero-order chi connectivity index (χ0) is 17.3. The van der Waals surface area contributed by atoms with Crippen molar-refractivity contribution >= 4 is 33.6 Å². The largest absolute Gasteiger partial charge is 0.416 e. The molecule has 124 valence electrons. The van der Waals surface area contributed by atoms with E-state index in [1.165, 1.54) is 17.8 Å². The van der Waals surface area contributed by atoms with Crippen LogP contribution in [-0.2, 0) is 6.18 Å². The molecule has 1 aliphatic rings. The fourth-order valence-electron chi connectivity index (χ4n) is 2.31. The number of hydrogen-bond donors (Lipinski definition) is 0. The Morgan fingerprint density at radius 2 is 1.79 bits per heavy atom. The summed E-state index contributed by atoms with van der Waals surface area (Å²) >= 11 is 1.45. The Bertz CT molecular complexity index is 823. The third-order valence-electron chi connectivity index (χ3n) is 3.48. The van der Waals surface area contributed by atoms with E-state index in [9.17, 15) is 13.2 Å². The molecule has 0 aromatic heterocycles. The van der Waals surface area contributed by atoms with Crippen molar-refractivity contribution in [3.05, 3.63) is 65.2 Å². The summed E-state index contributed by atoms with van der Waals surface area (Å²) in [5.74, 6) is 0. The lowest BCUT2D eigenvalue weighted by molar-refractivity contribution is -0.137. The Morgan fingerprint density at radius 3 is 2.50 bits per heavy atom. The van der Waals surface area contributed by atoms with Gasteiger partial charge in [0.15, 0.2) is 5.17 Å². The molecule has 2 aromatic rings. The number of aliphatic imine (C=N–C) groups is 1. The van der Waals surface area contributed by atoms with Crippen LogP contribution in [0.1, 0.15) is 16.7 Å². The zero-order valence-corrected chi connectivity index (χ0v) is 13.9. The van der Waals surface area contributed by atoms with E-state index in [1.807, 2.05) is 43.3 Å². The molecule has 6 heteroatoms. The molecular weight excluding hydrogens is 333 g/mol. The molecule has 1 aliphatic heterocycles. The summed E-state index contributed by atoms with van der Waals surface area (Å²) in [4.78, 5) is 7.35. The van der Waals surface area contributed by atoms with Crippen molar-refractivity contribution < 1.29 is 13.2 Å². The maximum Gasteiger partial charge on any atom is 0.416 e. The van der Waals surface area contributed by atoms with Crippen LogP contribution >= 0.6 is 11.8 Å². The highest BCUT2D eigenvalue weighted by Crippen LogP contribution is 2.42. The van der Waals surface area contributed by atoms with Crippen LogP contribution in [-0.4, -0.2) is 24.2 Å². The van der Waals surface area contributed by atoms with E-state index in [0.29, 0.717) is 5.56 Å². The van der Waals surface area contributed by atoms with Crippen LogP contribution in [0.4, 0.5) is 18.9 Å². The van der Waals surface area contributed by atoms with E-state index in [-0.39, 0.29) is 0 Å². The van der Waals surface area contributed by atoms with Crippen molar-refractivity contribution in [1.29, 1.82) is 0 Å². The van der Waals surface area contributed by atoms with Gasteiger partial charge < -0.3 is 4.90 Å². The van der Waals surface area contributed by atoms with Crippen LogP contribution in [0.3, 0.4) is 0 Å². The van der Waals surface area contributed by atoms with E-state index in [4.69, 9.17) is 0 Å². The molecule has 1 heterocycles. The first kappa shape index (κ1) is 16.6. The van der Waals surface area contributed by atoms with Gasteiger partial charge in [0.05, 0.1) is 11.3 Å². The summed E-state index contributed by atoms with van der Waals surface area (Å²) in [6.07, 6.45) is -2.57. The minimum absolute atomic E-state index is 0.516. The molecule has 0 aliphatic carbocycles. The summed E-state index contributed by atoms with van der Waals surface area (Å²) in [5, 5.41) is 0.798. The SMILES string of the molecule is CN(C)C1=Nc2ccccc2C(=Cc2cccc(C(F)(F)F)c2)S1. The molecule has 0 spiro atoms. The van der Waals surface area contributed by atoms with Gasteiger partial charge in [-0.15, -0.1) is 0 Å². The summed E-state index contributed by atoms with van der Waals surface area (Å²) in [5.41, 5.74) is 1.61. The normalized spacial score (nSPS) is 15.9. The Labute approximate surface area is 142 Å². The number of hydrogen-bond acceptors (Lipinski definition) is 3. The number of amidine groups is 1. The molecule has 2 nitrogen and oxygen atoms in total. The van der Waals surface area contributed by atoms with E-state index >= 15 is 0 Å². The Hall–Kier alpha value is -2.21. The number of fused-ring (bicyclic) bond motifs is 1. The van der Waals surface area contributed by atoms with Gasteiger partial charge in [0.25, 0.3) is 0 Å². The second-order valence-corrected chi connectivity index (χ2v) is 6.55.